The Hall–Kier alpha value is -2.83. The number of rotatable bonds is 4. The molecule has 3 rings (SSSR count). The predicted molar refractivity (Wildman–Crippen MR) is 98.1 cm³/mol. The van der Waals surface area contributed by atoms with E-state index in [1.54, 1.807) is 30.5 Å². The lowest BCUT2D eigenvalue weighted by atomic mass is 10.2. The molecule has 0 N–H and O–H groups in total. The molecule has 1 atom stereocenters. The second-order valence-electron chi connectivity index (χ2n) is 6.46. The molecule has 0 aliphatic carbocycles. The van der Waals surface area contributed by atoms with Gasteiger partial charge in [-0.15, -0.1) is 0 Å². The molecule has 0 spiro atoms. The Labute approximate surface area is 153 Å². The molecule has 2 heterocycles. The van der Waals surface area contributed by atoms with Crippen molar-refractivity contribution in [3.63, 3.8) is 0 Å². The number of amides is 1. The number of aryl methyl sites for hydroxylation is 1. The SMILES string of the molecule is Cc1c(C(=O)O[C@H](C)C(=O)N2CCN(c3ccccc3)CC2)cnn1C. The number of carbonyl (C=O) groups excluding carboxylic acids is 2. The number of benzene rings is 1. The summed E-state index contributed by atoms with van der Waals surface area (Å²) in [6.45, 7) is 6.16. The Balaban J connectivity index is 1.54. The minimum absolute atomic E-state index is 0.160. The molecule has 1 amide bonds. The molecule has 2 aromatic rings. The third-order valence-corrected chi connectivity index (χ3v) is 4.80. The number of carbonyl (C=O) groups is 2. The summed E-state index contributed by atoms with van der Waals surface area (Å²) < 4.78 is 6.96. The summed E-state index contributed by atoms with van der Waals surface area (Å²) in [6, 6.07) is 10.1. The third-order valence-electron chi connectivity index (χ3n) is 4.80. The smallest absolute Gasteiger partial charge is 0.342 e. The van der Waals surface area contributed by atoms with Crippen molar-refractivity contribution in [1.82, 2.24) is 14.7 Å². The van der Waals surface area contributed by atoms with Crippen molar-refractivity contribution in [3.05, 3.63) is 47.8 Å². The van der Waals surface area contributed by atoms with Gasteiger partial charge in [-0.3, -0.25) is 9.48 Å². The summed E-state index contributed by atoms with van der Waals surface area (Å²) >= 11 is 0. The highest BCUT2D eigenvalue weighted by atomic mass is 16.5. The number of hydrogen-bond donors (Lipinski definition) is 0. The average molecular weight is 356 g/mol. The summed E-state index contributed by atoms with van der Waals surface area (Å²) in [5.74, 6) is -0.674. The standard InChI is InChI=1S/C19H24N4O3/c1-14-17(13-20-21(14)3)19(25)26-15(2)18(24)23-11-9-22(10-12-23)16-7-5-4-6-8-16/h4-8,13,15H,9-12H2,1-3H3/t15-/m1/s1. The zero-order chi connectivity index (χ0) is 18.7. The highest BCUT2D eigenvalue weighted by Gasteiger charge is 2.28. The number of para-hydroxylation sites is 1. The molecule has 7 heteroatoms. The van der Waals surface area contributed by atoms with Gasteiger partial charge in [-0.05, 0) is 26.0 Å². The van der Waals surface area contributed by atoms with E-state index < -0.39 is 12.1 Å². The summed E-state index contributed by atoms with van der Waals surface area (Å²) in [6.07, 6.45) is 0.651. The zero-order valence-electron chi connectivity index (χ0n) is 15.4. The Morgan fingerprint density at radius 2 is 1.77 bits per heavy atom. The van der Waals surface area contributed by atoms with Crippen LogP contribution >= 0.6 is 0 Å². The molecule has 1 aromatic carbocycles. The molecule has 26 heavy (non-hydrogen) atoms. The summed E-state index contributed by atoms with van der Waals surface area (Å²) in [4.78, 5) is 28.9. The average Bonchev–Trinajstić information content (AvgIpc) is 3.01. The van der Waals surface area contributed by atoms with Crippen LogP contribution in [0.5, 0.6) is 0 Å². The Kier molecular flexibility index (Phi) is 5.25. The lowest BCUT2D eigenvalue weighted by Crippen LogP contribution is -2.51. The van der Waals surface area contributed by atoms with Gasteiger partial charge >= 0.3 is 5.97 Å². The minimum atomic E-state index is -0.814. The van der Waals surface area contributed by atoms with Gasteiger partial charge in [-0.2, -0.15) is 5.10 Å². The Morgan fingerprint density at radius 3 is 2.35 bits per heavy atom. The van der Waals surface area contributed by atoms with Crippen LogP contribution in [0.2, 0.25) is 0 Å². The van der Waals surface area contributed by atoms with Gasteiger partial charge < -0.3 is 14.5 Å². The maximum Gasteiger partial charge on any atom is 0.342 e. The van der Waals surface area contributed by atoms with Crippen molar-refractivity contribution in [2.75, 3.05) is 31.1 Å². The van der Waals surface area contributed by atoms with E-state index in [4.69, 9.17) is 4.74 Å². The second kappa shape index (κ2) is 7.59. The summed E-state index contributed by atoms with van der Waals surface area (Å²) in [5, 5.41) is 4.03. The van der Waals surface area contributed by atoms with Crippen molar-refractivity contribution in [3.8, 4) is 0 Å². The van der Waals surface area contributed by atoms with Crippen LogP contribution in [0.1, 0.15) is 23.0 Å². The highest BCUT2D eigenvalue weighted by Crippen LogP contribution is 2.17. The molecule has 0 radical (unpaired) electrons. The normalized spacial score (nSPS) is 15.7. The van der Waals surface area contributed by atoms with Gasteiger partial charge in [0.1, 0.15) is 5.56 Å². The first kappa shape index (κ1) is 18.0. The van der Waals surface area contributed by atoms with Crippen LogP contribution < -0.4 is 4.90 Å². The molecule has 0 bridgehead atoms. The highest BCUT2D eigenvalue weighted by molar-refractivity contribution is 5.93. The lowest BCUT2D eigenvalue weighted by molar-refractivity contribution is -0.140. The maximum atomic E-state index is 12.6. The first-order valence-corrected chi connectivity index (χ1v) is 8.75. The number of esters is 1. The van der Waals surface area contributed by atoms with Crippen LogP contribution in [0, 0.1) is 6.92 Å². The topological polar surface area (TPSA) is 67.7 Å². The molecule has 1 fully saturated rings. The lowest BCUT2D eigenvalue weighted by Gasteiger charge is -2.37. The molecule has 1 aliphatic heterocycles. The molecule has 1 aromatic heterocycles. The molecule has 0 unspecified atom stereocenters. The van der Waals surface area contributed by atoms with Gasteiger partial charge in [-0.25, -0.2) is 4.79 Å². The van der Waals surface area contributed by atoms with E-state index in [1.165, 1.54) is 6.20 Å². The minimum Gasteiger partial charge on any atom is -0.449 e. The van der Waals surface area contributed by atoms with Gasteiger partial charge in [0, 0.05) is 44.6 Å². The van der Waals surface area contributed by atoms with E-state index in [-0.39, 0.29) is 5.91 Å². The van der Waals surface area contributed by atoms with E-state index in [1.807, 2.05) is 18.2 Å². The van der Waals surface area contributed by atoms with Crippen LogP contribution in [0.25, 0.3) is 0 Å². The first-order valence-electron chi connectivity index (χ1n) is 8.75. The molecular formula is C19H24N4O3. The van der Waals surface area contributed by atoms with Crippen LogP contribution in [-0.4, -0.2) is 58.8 Å². The van der Waals surface area contributed by atoms with Crippen molar-refractivity contribution in [1.29, 1.82) is 0 Å². The molecule has 1 saturated heterocycles. The van der Waals surface area contributed by atoms with E-state index in [0.717, 1.165) is 18.8 Å². The van der Waals surface area contributed by atoms with E-state index in [2.05, 4.69) is 22.1 Å². The summed E-state index contributed by atoms with van der Waals surface area (Å²) in [7, 11) is 1.76. The van der Waals surface area contributed by atoms with Crippen molar-refractivity contribution in [2.45, 2.75) is 20.0 Å². The fourth-order valence-corrected chi connectivity index (χ4v) is 3.05. The van der Waals surface area contributed by atoms with E-state index in [9.17, 15) is 9.59 Å². The second-order valence-corrected chi connectivity index (χ2v) is 6.46. The fourth-order valence-electron chi connectivity index (χ4n) is 3.05. The quantitative estimate of drug-likeness (QED) is 0.779. The van der Waals surface area contributed by atoms with Gasteiger partial charge in [-0.1, -0.05) is 18.2 Å². The number of anilines is 1. The van der Waals surface area contributed by atoms with E-state index >= 15 is 0 Å². The van der Waals surface area contributed by atoms with Gasteiger partial charge in [0.05, 0.1) is 6.20 Å². The number of hydrogen-bond acceptors (Lipinski definition) is 5. The van der Waals surface area contributed by atoms with Crippen LogP contribution in [0.4, 0.5) is 5.69 Å². The van der Waals surface area contributed by atoms with Gasteiger partial charge in [0.25, 0.3) is 5.91 Å². The fraction of sp³-hybridized carbons (Fsp3) is 0.421. The predicted octanol–water partition coefficient (Wildman–Crippen LogP) is 1.62. The Bertz CT molecular complexity index is 779. The number of nitrogens with zero attached hydrogens (tertiary/aromatic N) is 4. The zero-order valence-corrected chi connectivity index (χ0v) is 15.4. The van der Waals surface area contributed by atoms with Gasteiger partial charge in [0.15, 0.2) is 6.10 Å². The molecule has 138 valence electrons. The number of ether oxygens (including phenoxy) is 1. The van der Waals surface area contributed by atoms with Crippen LogP contribution in [0.3, 0.4) is 0 Å². The summed E-state index contributed by atoms with van der Waals surface area (Å²) in [5.41, 5.74) is 2.26. The van der Waals surface area contributed by atoms with E-state index in [0.29, 0.717) is 24.3 Å². The Morgan fingerprint density at radius 1 is 1.12 bits per heavy atom. The molecular weight excluding hydrogens is 332 g/mol. The van der Waals surface area contributed by atoms with Crippen molar-refractivity contribution >= 4 is 17.6 Å². The molecule has 0 saturated carbocycles. The largest absolute Gasteiger partial charge is 0.449 e. The maximum absolute atomic E-state index is 12.6. The molecule has 1 aliphatic rings. The third kappa shape index (κ3) is 3.71. The number of aromatic nitrogens is 2. The van der Waals surface area contributed by atoms with Crippen molar-refractivity contribution in [2.24, 2.45) is 7.05 Å². The molecule has 7 nitrogen and oxygen atoms in total. The van der Waals surface area contributed by atoms with Gasteiger partial charge in [0.2, 0.25) is 0 Å². The number of piperazine rings is 1. The van der Waals surface area contributed by atoms with Crippen molar-refractivity contribution < 1.29 is 14.3 Å². The first-order chi connectivity index (χ1) is 12.5. The van der Waals surface area contributed by atoms with Crippen LogP contribution in [-0.2, 0) is 16.6 Å². The monoisotopic (exact) mass is 356 g/mol. The van der Waals surface area contributed by atoms with Crippen LogP contribution in [0.15, 0.2) is 36.5 Å².